The fourth-order valence-electron chi connectivity index (χ4n) is 4.96. The number of H-pyrrole nitrogens is 1. The number of nitrogens with zero attached hydrogens (tertiary/aromatic N) is 1. The normalized spacial score (nSPS) is 12.7. The van der Waals surface area contributed by atoms with Crippen molar-refractivity contribution in [1.29, 1.82) is 0 Å². The van der Waals surface area contributed by atoms with Crippen molar-refractivity contribution in [2.75, 3.05) is 0 Å². The van der Waals surface area contributed by atoms with E-state index in [1.54, 1.807) is 0 Å². The van der Waals surface area contributed by atoms with Crippen LogP contribution in [0.15, 0.2) is 12.4 Å². The average Bonchev–Trinajstić information content (AvgIpc) is 3.24. The van der Waals surface area contributed by atoms with Gasteiger partial charge in [0.05, 0.1) is 6.04 Å². The minimum Gasteiger partial charge on any atom is -0.248 e. The fourth-order valence-corrected chi connectivity index (χ4v) is 4.96. The summed E-state index contributed by atoms with van der Waals surface area (Å²) in [5.41, 5.74) is 0. The Labute approximate surface area is 202 Å². The van der Waals surface area contributed by atoms with Crippen LogP contribution in [0.3, 0.4) is 0 Å². The molecule has 0 aliphatic carbocycles. The molecule has 2 heteroatoms. The van der Waals surface area contributed by atoms with E-state index in [1.807, 2.05) is 0 Å². The van der Waals surface area contributed by atoms with Gasteiger partial charge in [-0.25, -0.2) is 9.55 Å². The van der Waals surface area contributed by atoms with E-state index < -0.39 is 0 Å². The van der Waals surface area contributed by atoms with Crippen LogP contribution in [0, 0.1) is 5.92 Å². The summed E-state index contributed by atoms with van der Waals surface area (Å²) in [6, 6.07) is 0.636. The molecule has 1 heterocycles. The number of hydrogen-bond donors (Lipinski definition) is 1. The van der Waals surface area contributed by atoms with Crippen LogP contribution >= 0.6 is 0 Å². The number of aromatic amines is 1. The first-order valence-electron chi connectivity index (χ1n) is 14.7. The van der Waals surface area contributed by atoms with Gasteiger partial charge in [0.2, 0.25) is 0 Å². The second-order valence-corrected chi connectivity index (χ2v) is 10.9. The van der Waals surface area contributed by atoms with E-state index in [1.165, 1.54) is 141 Å². The summed E-state index contributed by atoms with van der Waals surface area (Å²) in [5.74, 6) is 2.32. The summed E-state index contributed by atoms with van der Waals surface area (Å²) in [4.78, 5) is 3.52. The predicted molar refractivity (Wildman–Crippen MR) is 142 cm³/mol. The number of aromatic nitrogens is 2. The highest BCUT2D eigenvalue weighted by molar-refractivity contribution is 4.78. The Morgan fingerprint density at radius 3 is 1.62 bits per heavy atom. The number of unbranched alkanes of at least 4 members (excludes halogenated alkanes) is 16. The Bertz CT molecular complexity index is 505. The molecule has 1 unspecified atom stereocenters. The molecule has 0 fully saturated rings. The van der Waals surface area contributed by atoms with Crippen molar-refractivity contribution in [2.45, 2.75) is 169 Å². The first-order chi connectivity index (χ1) is 15.6. The molecule has 0 amide bonds. The number of hydrogen-bond acceptors (Lipinski definition) is 0. The quantitative estimate of drug-likeness (QED) is 0.127. The second kappa shape index (κ2) is 20.8. The third kappa shape index (κ3) is 15.9. The standard InChI is InChI=1S/C30H58N2/c1-5-6-7-8-9-11-15-18-21-24-29(4)32-27-26-31-30(32)25-22-19-16-13-10-12-14-17-20-23-28(2)3/h26-29H,5-25H2,1-4H3/p+1. The van der Waals surface area contributed by atoms with Gasteiger partial charge in [0.25, 0.3) is 5.82 Å². The molecule has 0 radical (unpaired) electrons. The Balaban J connectivity index is 2.01. The molecular weight excluding hydrogens is 388 g/mol. The molecule has 0 aliphatic rings. The van der Waals surface area contributed by atoms with Crippen LogP contribution in [0.1, 0.15) is 168 Å². The van der Waals surface area contributed by atoms with E-state index in [4.69, 9.17) is 0 Å². The van der Waals surface area contributed by atoms with Crippen LogP contribution in [0.5, 0.6) is 0 Å². The monoisotopic (exact) mass is 447 g/mol. The molecular formula is C30H59N2+. The number of imidazole rings is 1. The van der Waals surface area contributed by atoms with Gasteiger partial charge in [-0.2, -0.15) is 0 Å². The van der Waals surface area contributed by atoms with Crippen molar-refractivity contribution < 1.29 is 4.57 Å². The molecule has 2 nitrogen and oxygen atoms in total. The van der Waals surface area contributed by atoms with Gasteiger partial charge in [0, 0.05) is 6.42 Å². The van der Waals surface area contributed by atoms with E-state index >= 15 is 0 Å². The van der Waals surface area contributed by atoms with Gasteiger partial charge < -0.3 is 0 Å². The van der Waals surface area contributed by atoms with Crippen LogP contribution < -0.4 is 4.57 Å². The summed E-state index contributed by atoms with van der Waals surface area (Å²) < 4.78 is 2.52. The number of rotatable bonds is 23. The maximum Gasteiger partial charge on any atom is 0.254 e. The smallest absolute Gasteiger partial charge is 0.248 e. The maximum atomic E-state index is 3.52. The van der Waals surface area contributed by atoms with Crippen molar-refractivity contribution in [3.8, 4) is 0 Å². The van der Waals surface area contributed by atoms with Crippen molar-refractivity contribution in [1.82, 2.24) is 4.98 Å². The van der Waals surface area contributed by atoms with Crippen LogP contribution in [-0.4, -0.2) is 4.98 Å². The van der Waals surface area contributed by atoms with E-state index in [-0.39, 0.29) is 0 Å². The highest BCUT2D eigenvalue weighted by Crippen LogP contribution is 2.16. The molecule has 0 saturated heterocycles. The summed E-state index contributed by atoms with van der Waals surface area (Å²) in [6.07, 6.45) is 33.9. The van der Waals surface area contributed by atoms with E-state index in [9.17, 15) is 0 Å². The van der Waals surface area contributed by atoms with Crippen molar-refractivity contribution in [3.05, 3.63) is 18.2 Å². The summed E-state index contributed by atoms with van der Waals surface area (Å²) in [6.45, 7) is 9.39. The van der Waals surface area contributed by atoms with Crippen molar-refractivity contribution in [2.24, 2.45) is 5.92 Å². The van der Waals surface area contributed by atoms with Crippen LogP contribution in [-0.2, 0) is 6.42 Å². The minimum absolute atomic E-state index is 0.636. The predicted octanol–water partition coefficient (Wildman–Crippen LogP) is 9.88. The lowest BCUT2D eigenvalue weighted by atomic mass is 10.0. The highest BCUT2D eigenvalue weighted by atomic mass is 15.1. The van der Waals surface area contributed by atoms with E-state index in [2.05, 4.69) is 49.6 Å². The van der Waals surface area contributed by atoms with Gasteiger partial charge in [0.1, 0.15) is 12.4 Å². The third-order valence-electron chi connectivity index (χ3n) is 7.19. The van der Waals surface area contributed by atoms with Gasteiger partial charge in [-0.05, 0) is 32.1 Å². The van der Waals surface area contributed by atoms with Crippen molar-refractivity contribution in [3.63, 3.8) is 0 Å². The summed E-state index contributed by atoms with van der Waals surface area (Å²) >= 11 is 0. The first kappa shape index (κ1) is 29.2. The Kier molecular flexibility index (Phi) is 19.0. The van der Waals surface area contributed by atoms with E-state index in [0.717, 1.165) is 5.92 Å². The molecule has 0 saturated carbocycles. The van der Waals surface area contributed by atoms with Gasteiger partial charge in [0.15, 0.2) is 0 Å². The molecule has 1 rings (SSSR count). The van der Waals surface area contributed by atoms with Crippen LogP contribution in [0.2, 0.25) is 0 Å². The molecule has 0 spiro atoms. The zero-order valence-electron chi connectivity index (χ0n) is 22.6. The number of nitrogens with one attached hydrogen (secondary N) is 1. The minimum atomic E-state index is 0.636. The molecule has 0 aromatic carbocycles. The Morgan fingerprint density at radius 1 is 0.625 bits per heavy atom. The van der Waals surface area contributed by atoms with Gasteiger partial charge in [-0.3, -0.25) is 0 Å². The molecule has 1 aromatic heterocycles. The SMILES string of the molecule is CCCCCCCCCCCC(C)[n+]1cc[nH]c1CCCCCCCCCCCC(C)C. The topological polar surface area (TPSA) is 19.7 Å². The fraction of sp³-hybridized carbons (Fsp3) is 0.900. The Hall–Kier alpha value is -0.790. The Morgan fingerprint density at radius 2 is 1.09 bits per heavy atom. The van der Waals surface area contributed by atoms with Gasteiger partial charge in [-0.1, -0.05) is 130 Å². The molecule has 1 aromatic rings. The lowest BCUT2D eigenvalue weighted by molar-refractivity contribution is -0.726. The molecule has 188 valence electrons. The lowest BCUT2D eigenvalue weighted by Gasteiger charge is -2.10. The first-order valence-corrected chi connectivity index (χ1v) is 14.7. The lowest BCUT2D eigenvalue weighted by Crippen LogP contribution is -2.39. The molecule has 32 heavy (non-hydrogen) atoms. The van der Waals surface area contributed by atoms with Crippen molar-refractivity contribution >= 4 is 0 Å². The van der Waals surface area contributed by atoms with E-state index in [0.29, 0.717) is 6.04 Å². The third-order valence-corrected chi connectivity index (χ3v) is 7.19. The molecule has 0 bridgehead atoms. The van der Waals surface area contributed by atoms with Crippen LogP contribution in [0.4, 0.5) is 0 Å². The number of aryl methyl sites for hydroxylation is 1. The van der Waals surface area contributed by atoms with Gasteiger partial charge >= 0.3 is 0 Å². The maximum absolute atomic E-state index is 3.52. The highest BCUT2D eigenvalue weighted by Gasteiger charge is 2.16. The molecule has 1 N–H and O–H groups in total. The largest absolute Gasteiger partial charge is 0.254 e. The summed E-state index contributed by atoms with van der Waals surface area (Å²) in [7, 11) is 0. The second-order valence-electron chi connectivity index (χ2n) is 10.9. The molecule has 1 atom stereocenters. The zero-order valence-corrected chi connectivity index (χ0v) is 22.6. The average molecular weight is 448 g/mol. The van der Waals surface area contributed by atoms with Gasteiger partial charge in [-0.15, -0.1) is 0 Å². The van der Waals surface area contributed by atoms with Crippen LogP contribution in [0.25, 0.3) is 0 Å². The zero-order chi connectivity index (χ0) is 23.3. The molecule has 0 aliphatic heterocycles. The summed E-state index contributed by atoms with van der Waals surface area (Å²) in [5, 5.41) is 0.